The van der Waals surface area contributed by atoms with Crippen molar-refractivity contribution >= 4 is 10.9 Å². The molecule has 1 aliphatic heterocycles. The zero-order chi connectivity index (χ0) is 18.6. The summed E-state index contributed by atoms with van der Waals surface area (Å²) in [6, 6.07) is 18.6. The molecule has 0 radical (unpaired) electrons. The van der Waals surface area contributed by atoms with E-state index in [0.717, 1.165) is 59.8 Å². The first kappa shape index (κ1) is 17.8. The predicted molar refractivity (Wildman–Crippen MR) is 108 cm³/mol. The number of nitrogens with zero attached hydrogens (tertiary/aromatic N) is 2. The third-order valence-corrected chi connectivity index (χ3v) is 5.14. The van der Waals surface area contributed by atoms with Gasteiger partial charge in [-0.3, -0.25) is 9.88 Å². The molecule has 3 aromatic rings. The molecule has 1 saturated heterocycles. The molecule has 140 valence electrons. The zero-order valence-electron chi connectivity index (χ0n) is 15.8. The number of methoxy groups -OCH3 is 2. The molecule has 1 unspecified atom stereocenters. The van der Waals surface area contributed by atoms with Crippen molar-refractivity contribution in [3.05, 3.63) is 65.9 Å². The minimum Gasteiger partial charge on any atom is -0.493 e. The minimum absolute atomic E-state index is 0.0155. The topological polar surface area (TPSA) is 46.6 Å². The lowest BCUT2D eigenvalue weighted by Crippen LogP contribution is -2.45. The molecule has 27 heavy (non-hydrogen) atoms. The van der Waals surface area contributed by atoms with Crippen molar-refractivity contribution in [2.75, 3.05) is 40.4 Å². The summed E-state index contributed by atoms with van der Waals surface area (Å²) in [7, 11) is 3.37. The van der Waals surface area contributed by atoms with Crippen LogP contribution in [-0.2, 0) is 0 Å². The Balaban J connectivity index is 1.86. The summed E-state index contributed by atoms with van der Waals surface area (Å²) in [5.41, 5.74) is 3.13. The predicted octanol–water partition coefficient (Wildman–Crippen LogP) is 3.25. The number of ether oxygens (including phenoxy) is 2. The van der Waals surface area contributed by atoms with E-state index in [4.69, 9.17) is 14.5 Å². The molecule has 5 heteroatoms. The van der Waals surface area contributed by atoms with Gasteiger partial charge >= 0.3 is 0 Å². The average Bonchev–Trinajstić information content (AvgIpc) is 2.74. The largest absolute Gasteiger partial charge is 0.493 e. The Hall–Kier alpha value is -2.63. The highest BCUT2D eigenvalue weighted by molar-refractivity contribution is 5.78. The maximum Gasteiger partial charge on any atom is 0.165 e. The van der Waals surface area contributed by atoms with Gasteiger partial charge in [-0.15, -0.1) is 0 Å². The molecule has 0 amide bonds. The molecule has 0 saturated carbocycles. The Morgan fingerprint density at radius 3 is 2.52 bits per heavy atom. The van der Waals surface area contributed by atoms with Crippen molar-refractivity contribution in [2.24, 2.45) is 0 Å². The number of pyridine rings is 1. The van der Waals surface area contributed by atoms with Crippen LogP contribution in [0.1, 0.15) is 17.3 Å². The van der Waals surface area contributed by atoms with Gasteiger partial charge in [0.1, 0.15) is 0 Å². The average molecular weight is 363 g/mol. The first-order valence-corrected chi connectivity index (χ1v) is 9.33. The zero-order valence-corrected chi connectivity index (χ0v) is 15.8. The summed E-state index contributed by atoms with van der Waals surface area (Å²) in [6.45, 7) is 3.85. The third-order valence-electron chi connectivity index (χ3n) is 5.14. The van der Waals surface area contributed by atoms with Crippen LogP contribution >= 0.6 is 0 Å². The highest BCUT2D eigenvalue weighted by atomic mass is 16.5. The molecule has 0 aliphatic carbocycles. The normalized spacial score (nSPS) is 16.2. The van der Waals surface area contributed by atoms with E-state index in [1.165, 1.54) is 0 Å². The Bertz CT molecular complexity index is 922. The lowest BCUT2D eigenvalue weighted by Gasteiger charge is -2.35. The number of rotatable bonds is 5. The maximum atomic E-state index is 5.75. The van der Waals surface area contributed by atoms with Crippen LogP contribution in [0.2, 0.25) is 0 Å². The van der Waals surface area contributed by atoms with Crippen LogP contribution in [0.4, 0.5) is 0 Å². The van der Waals surface area contributed by atoms with E-state index in [0.29, 0.717) is 0 Å². The second kappa shape index (κ2) is 7.94. The minimum atomic E-state index is 0.0155. The molecule has 4 rings (SSSR count). The number of piperazine rings is 1. The van der Waals surface area contributed by atoms with Gasteiger partial charge in [-0.2, -0.15) is 0 Å². The molecule has 2 heterocycles. The van der Waals surface area contributed by atoms with Gasteiger partial charge in [0.15, 0.2) is 11.5 Å². The fourth-order valence-electron chi connectivity index (χ4n) is 3.84. The molecule has 1 fully saturated rings. The molecule has 1 N–H and O–H groups in total. The number of fused-ring (bicyclic) bond motifs is 1. The number of benzene rings is 2. The van der Waals surface area contributed by atoms with Crippen LogP contribution in [0.5, 0.6) is 11.5 Å². The third kappa shape index (κ3) is 3.48. The summed E-state index contributed by atoms with van der Waals surface area (Å²) in [5.74, 6) is 1.52. The first-order valence-electron chi connectivity index (χ1n) is 9.33. The summed E-state index contributed by atoms with van der Waals surface area (Å²) in [5, 5.41) is 4.59. The van der Waals surface area contributed by atoms with Gasteiger partial charge < -0.3 is 14.8 Å². The van der Waals surface area contributed by atoms with Crippen molar-refractivity contribution in [1.82, 2.24) is 15.2 Å². The summed E-state index contributed by atoms with van der Waals surface area (Å²) in [4.78, 5) is 7.46. The van der Waals surface area contributed by atoms with Gasteiger partial charge in [0.05, 0.1) is 31.5 Å². The van der Waals surface area contributed by atoms with E-state index < -0.39 is 0 Å². The second-order valence-electron chi connectivity index (χ2n) is 6.70. The van der Waals surface area contributed by atoms with Gasteiger partial charge in [-0.25, -0.2) is 0 Å². The molecular formula is C22H25N3O2. The van der Waals surface area contributed by atoms with Crippen LogP contribution in [0.3, 0.4) is 0 Å². The van der Waals surface area contributed by atoms with Gasteiger partial charge in [0.2, 0.25) is 0 Å². The molecule has 1 aromatic heterocycles. The fourth-order valence-corrected chi connectivity index (χ4v) is 3.84. The molecule has 5 nitrogen and oxygen atoms in total. The van der Waals surface area contributed by atoms with E-state index in [-0.39, 0.29) is 6.04 Å². The van der Waals surface area contributed by atoms with Crippen LogP contribution in [0.15, 0.2) is 54.6 Å². The highest BCUT2D eigenvalue weighted by Crippen LogP contribution is 2.40. The molecule has 0 spiro atoms. The number of para-hydroxylation sites is 2. The maximum absolute atomic E-state index is 5.75. The van der Waals surface area contributed by atoms with Crippen LogP contribution in [0.25, 0.3) is 10.9 Å². The Morgan fingerprint density at radius 2 is 1.74 bits per heavy atom. The van der Waals surface area contributed by atoms with E-state index >= 15 is 0 Å². The van der Waals surface area contributed by atoms with Crippen molar-refractivity contribution in [3.63, 3.8) is 0 Å². The highest BCUT2D eigenvalue weighted by Gasteiger charge is 2.29. The van der Waals surface area contributed by atoms with Crippen LogP contribution in [-0.4, -0.2) is 50.3 Å². The lowest BCUT2D eigenvalue weighted by molar-refractivity contribution is 0.192. The fraction of sp³-hybridized carbons (Fsp3) is 0.318. The van der Waals surface area contributed by atoms with Gasteiger partial charge in [-0.1, -0.05) is 36.4 Å². The Labute approximate surface area is 159 Å². The first-order chi connectivity index (χ1) is 13.3. The Kier molecular flexibility index (Phi) is 5.23. The van der Waals surface area contributed by atoms with Crippen molar-refractivity contribution < 1.29 is 9.47 Å². The quantitative estimate of drug-likeness (QED) is 0.754. The molecule has 1 aliphatic rings. The van der Waals surface area contributed by atoms with Crippen molar-refractivity contribution in [1.29, 1.82) is 0 Å². The monoisotopic (exact) mass is 363 g/mol. The van der Waals surface area contributed by atoms with Gasteiger partial charge in [0.25, 0.3) is 0 Å². The van der Waals surface area contributed by atoms with E-state index in [9.17, 15) is 0 Å². The van der Waals surface area contributed by atoms with Crippen molar-refractivity contribution in [3.8, 4) is 11.5 Å². The Morgan fingerprint density at radius 1 is 0.926 bits per heavy atom. The molecule has 1 atom stereocenters. The number of aromatic nitrogens is 1. The number of hydrogen-bond donors (Lipinski definition) is 1. The molecule has 0 bridgehead atoms. The summed E-state index contributed by atoms with van der Waals surface area (Å²) in [6.07, 6.45) is 0. The smallest absolute Gasteiger partial charge is 0.165 e. The molecular weight excluding hydrogens is 338 g/mol. The SMILES string of the molecule is COc1cccc(C(c2ccc3ccccc3n2)N2CCNCC2)c1OC. The van der Waals surface area contributed by atoms with E-state index in [2.05, 4.69) is 40.5 Å². The number of hydrogen-bond acceptors (Lipinski definition) is 5. The number of nitrogens with one attached hydrogen (secondary N) is 1. The van der Waals surface area contributed by atoms with Crippen molar-refractivity contribution in [2.45, 2.75) is 6.04 Å². The second-order valence-corrected chi connectivity index (χ2v) is 6.70. The summed E-state index contributed by atoms with van der Waals surface area (Å²) < 4.78 is 11.3. The van der Waals surface area contributed by atoms with Gasteiger partial charge in [-0.05, 0) is 18.2 Å². The van der Waals surface area contributed by atoms with Gasteiger partial charge in [0, 0.05) is 37.1 Å². The van der Waals surface area contributed by atoms with Crippen LogP contribution < -0.4 is 14.8 Å². The van der Waals surface area contributed by atoms with Crippen LogP contribution in [0, 0.1) is 0 Å². The summed E-state index contributed by atoms with van der Waals surface area (Å²) >= 11 is 0. The van der Waals surface area contributed by atoms with E-state index in [1.54, 1.807) is 14.2 Å². The lowest BCUT2D eigenvalue weighted by atomic mass is 9.98. The van der Waals surface area contributed by atoms with E-state index in [1.807, 2.05) is 24.3 Å². The molecule has 2 aromatic carbocycles. The standard InChI is InChI=1S/C22H25N3O2/c1-26-20-9-5-7-17(22(20)27-2)21(25-14-12-23-13-15-25)19-11-10-16-6-3-4-8-18(16)24-19/h3-11,21,23H,12-15H2,1-2H3.